The number of para-hydroxylation sites is 1. The van der Waals surface area contributed by atoms with E-state index in [1.807, 2.05) is 12.1 Å². The second-order valence-electron chi connectivity index (χ2n) is 12.0. The standard InChI is InChI=1S/C33H42ClN7OS/c1-25-7-5-6-16-41(25)30-23-29(40-19-17-39(18-20-40)28-8-3-2-4-9-28)36-31(37-30)38-32(43)35-24-33(14-21-42-22-15-33)26-10-12-27(34)13-11-26/h2-4,8-13,23,25H,5-7,14-22,24H2,1H3,(H2,35,36,37,38,43)/t25-/m0/s1. The first-order valence-electron chi connectivity index (χ1n) is 15.6. The number of hydrogen-bond donors (Lipinski definition) is 2. The van der Waals surface area contributed by atoms with E-state index < -0.39 is 0 Å². The summed E-state index contributed by atoms with van der Waals surface area (Å²) in [4.78, 5) is 17.2. The molecule has 10 heteroatoms. The topological polar surface area (TPSA) is 68.8 Å². The van der Waals surface area contributed by atoms with Crippen LogP contribution in [0, 0.1) is 0 Å². The number of anilines is 4. The molecule has 6 rings (SSSR count). The first kappa shape index (κ1) is 29.9. The highest BCUT2D eigenvalue weighted by Crippen LogP contribution is 2.35. The monoisotopic (exact) mass is 619 g/mol. The van der Waals surface area contributed by atoms with Crippen LogP contribution in [0.2, 0.25) is 5.02 Å². The molecule has 0 saturated carbocycles. The highest BCUT2D eigenvalue weighted by Gasteiger charge is 2.34. The fourth-order valence-corrected chi connectivity index (χ4v) is 6.88. The zero-order chi connectivity index (χ0) is 29.6. The molecule has 3 saturated heterocycles. The second-order valence-corrected chi connectivity index (χ2v) is 12.8. The predicted molar refractivity (Wildman–Crippen MR) is 181 cm³/mol. The molecule has 3 aliphatic rings. The van der Waals surface area contributed by atoms with Crippen LogP contribution in [0.1, 0.15) is 44.6 Å². The van der Waals surface area contributed by atoms with Crippen LogP contribution < -0.4 is 25.3 Å². The van der Waals surface area contributed by atoms with E-state index in [2.05, 4.69) is 80.8 Å². The molecule has 228 valence electrons. The van der Waals surface area contributed by atoms with Crippen molar-refractivity contribution >= 4 is 52.2 Å². The van der Waals surface area contributed by atoms with Crippen molar-refractivity contribution in [3.8, 4) is 0 Å². The van der Waals surface area contributed by atoms with Gasteiger partial charge in [-0.25, -0.2) is 0 Å². The molecule has 0 unspecified atom stereocenters. The Bertz CT molecular complexity index is 1360. The number of halogens is 1. The van der Waals surface area contributed by atoms with Crippen LogP contribution in [0.3, 0.4) is 0 Å². The van der Waals surface area contributed by atoms with Crippen molar-refractivity contribution in [3.63, 3.8) is 0 Å². The van der Waals surface area contributed by atoms with Crippen molar-refractivity contribution in [1.82, 2.24) is 15.3 Å². The van der Waals surface area contributed by atoms with Crippen molar-refractivity contribution in [1.29, 1.82) is 0 Å². The lowest BCUT2D eigenvalue weighted by atomic mass is 9.74. The lowest BCUT2D eigenvalue weighted by Gasteiger charge is -2.38. The van der Waals surface area contributed by atoms with Crippen LogP contribution in [0.5, 0.6) is 0 Å². The SMILES string of the molecule is C[C@H]1CCCCN1c1cc(N2CCN(c3ccccc3)CC2)nc(NC(=S)NCC2(c3ccc(Cl)cc3)CCOCC2)n1. The molecule has 0 radical (unpaired) electrons. The van der Waals surface area contributed by atoms with E-state index >= 15 is 0 Å². The molecule has 43 heavy (non-hydrogen) atoms. The Morgan fingerprint density at radius 3 is 2.35 bits per heavy atom. The third kappa shape index (κ3) is 7.16. The molecule has 0 spiro atoms. The third-order valence-corrected chi connectivity index (χ3v) is 9.74. The fraction of sp³-hybridized carbons (Fsp3) is 0.485. The predicted octanol–water partition coefficient (Wildman–Crippen LogP) is 5.87. The first-order valence-corrected chi connectivity index (χ1v) is 16.4. The van der Waals surface area contributed by atoms with Gasteiger partial charge in [-0.15, -0.1) is 0 Å². The van der Waals surface area contributed by atoms with E-state index in [0.29, 0.717) is 23.6 Å². The Labute approximate surface area is 265 Å². The summed E-state index contributed by atoms with van der Waals surface area (Å²) in [5.41, 5.74) is 2.45. The molecule has 8 nitrogen and oxygen atoms in total. The quantitative estimate of drug-likeness (QED) is 0.316. The van der Waals surface area contributed by atoms with Gasteiger partial charge in [0, 0.05) is 80.7 Å². The number of piperazine rings is 1. The van der Waals surface area contributed by atoms with Crippen molar-refractivity contribution in [3.05, 3.63) is 71.2 Å². The van der Waals surface area contributed by atoms with Gasteiger partial charge in [0.1, 0.15) is 11.6 Å². The van der Waals surface area contributed by atoms with Crippen molar-refractivity contribution < 1.29 is 4.74 Å². The van der Waals surface area contributed by atoms with Gasteiger partial charge >= 0.3 is 0 Å². The number of piperidine rings is 1. The number of nitrogens with one attached hydrogen (secondary N) is 2. The zero-order valence-corrected chi connectivity index (χ0v) is 26.5. The average molecular weight is 620 g/mol. The summed E-state index contributed by atoms with van der Waals surface area (Å²) in [7, 11) is 0. The molecule has 0 bridgehead atoms. The molecule has 1 aromatic heterocycles. The normalized spacial score (nSPS) is 20.5. The Morgan fingerprint density at radius 1 is 0.930 bits per heavy atom. The summed E-state index contributed by atoms with van der Waals surface area (Å²) in [6.45, 7) is 9.14. The van der Waals surface area contributed by atoms with Gasteiger partial charge in [-0.1, -0.05) is 41.9 Å². The van der Waals surface area contributed by atoms with E-state index in [1.54, 1.807) is 0 Å². The number of nitrogens with zero attached hydrogens (tertiary/aromatic N) is 5. The van der Waals surface area contributed by atoms with Gasteiger partial charge in [0.2, 0.25) is 5.95 Å². The lowest BCUT2D eigenvalue weighted by molar-refractivity contribution is 0.0515. The molecule has 0 aliphatic carbocycles. The zero-order valence-electron chi connectivity index (χ0n) is 25.0. The molecule has 3 fully saturated rings. The maximum atomic E-state index is 6.20. The van der Waals surface area contributed by atoms with Gasteiger partial charge in [0.05, 0.1) is 0 Å². The van der Waals surface area contributed by atoms with Crippen molar-refractivity contribution in [2.45, 2.75) is 50.5 Å². The number of rotatable bonds is 7. The summed E-state index contributed by atoms with van der Waals surface area (Å²) in [6.07, 6.45) is 5.45. The number of ether oxygens (including phenoxy) is 1. The largest absolute Gasteiger partial charge is 0.381 e. The maximum Gasteiger partial charge on any atom is 0.232 e. The molecular weight excluding hydrogens is 578 g/mol. The van der Waals surface area contributed by atoms with Gasteiger partial charge < -0.3 is 30.1 Å². The maximum absolute atomic E-state index is 6.20. The summed E-state index contributed by atoms with van der Waals surface area (Å²) in [6, 6.07) is 21.4. The Morgan fingerprint density at radius 2 is 1.63 bits per heavy atom. The molecule has 3 aromatic rings. The number of thiocarbonyl (C=S) groups is 1. The Hall–Kier alpha value is -3.14. The van der Waals surface area contributed by atoms with Crippen molar-refractivity contribution in [2.24, 2.45) is 0 Å². The summed E-state index contributed by atoms with van der Waals surface area (Å²) >= 11 is 12.0. The summed E-state index contributed by atoms with van der Waals surface area (Å²) in [5.74, 6) is 2.46. The lowest BCUT2D eigenvalue weighted by Crippen LogP contribution is -2.47. The van der Waals surface area contributed by atoms with E-state index in [0.717, 1.165) is 75.4 Å². The van der Waals surface area contributed by atoms with Gasteiger partial charge in [-0.2, -0.15) is 9.97 Å². The number of benzene rings is 2. The number of hydrogen-bond acceptors (Lipinski definition) is 7. The molecular formula is C33H42ClN7OS. The minimum absolute atomic E-state index is 0.0793. The van der Waals surface area contributed by atoms with Gasteiger partial charge in [-0.3, -0.25) is 0 Å². The minimum atomic E-state index is -0.0793. The molecule has 2 N–H and O–H groups in total. The summed E-state index contributed by atoms with van der Waals surface area (Å²) in [5, 5.41) is 8.13. The van der Waals surface area contributed by atoms with Crippen LogP contribution in [0.15, 0.2) is 60.7 Å². The highest BCUT2D eigenvalue weighted by molar-refractivity contribution is 7.80. The molecule has 3 aliphatic heterocycles. The summed E-state index contributed by atoms with van der Waals surface area (Å²) < 4.78 is 5.72. The number of aromatic nitrogens is 2. The van der Waals surface area contributed by atoms with Crippen LogP contribution in [-0.4, -0.2) is 73.6 Å². The third-order valence-electron chi connectivity index (χ3n) is 9.24. The second kappa shape index (κ2) is 13.7. The van der Waals surface area contributed by atoms with Gasteiger partial charge in [0.25, 0.3) is 0 Å². The fourth-order valence-electron chi connectivity index (χ4n) is 6.59. The Balaban J connectivity index is 1.18. The van der Waals surface area contributed by atoms with Crippen LogP contribution >= 0.6 is 23.8 Å². The van der Waals surface area contributed by atoms with E-state index in [-0.39, 0.29) is 5.41 Å². The first-order chi connectivity index (χ1) is 21.0. The molecule has 2 aromatic carbocycles. The minimum Gasteiger partial charge on any atom is -0.381 e. The van der Waals surface area contributed by atoms with E-state index in [9.17, 15) is 0 Å². The molecule has 4 heterocycles. The van der Waals surface area contributed by atoms with Gasteiger partial charge in [-0.05, 0) is 81.1 Å². The van der Waals surface area contributed by atoms with Crippen LogP contribution in [0.25, 0.3) is 0 Å². The molecule has 1 atom stereocenters. The smallest absolute Gasteiger partial charge is 0.232 e. The van der Waals surface area contributed by atoms with E-state index in [1.165, 1.54) is 30.5 Å². The van der Waals surface area contributed by atoms with Crippen molar-refractivity contribution in [2.75, 3.05) is 72.5 Å². The van der Waals surface area contributed by atoms with E-state index in [4.69, 9.17) is 38.5 Å². The Kier molecular flexibility index (Phi) is 9.50. The van der Waals surface area contributed by atoms with Gasteiger partial charge in [0.15, 0.2) is 5.11 Å². The molecule has 0 amide bonds. The van der Waals surface area contributed by atoms with Crippen LogP contribution in [0.4, 0.5) is 23.3 Å². The van der Waals surface area contributed by atoms with Crippen LogP contribution in [-0.2, 0) is 10.2 Å². The highest BCUT2D eigenvalue weighted by atomic mass is 35.5. The average Bonchev–Trinajstić information content (AvgIpc) is 3.05.